The van der Waals surface area contributed by atoms with Gasteiger partial charge in [-0.05, 0) is 31.2 Å². The Balaban J connectivity index is 2.01. The molecule has 2 rings (SSSR count). The van der Waals surface area contributed by atoms with E-state index in [1.54, 1.807) is 24.3 Å². The van der Waals surface area contributed by atoms with Crippen LogP contribution < -0.4 is 0 Å². The number of rotatable bonds is 4. The van der Waals surface area contributed by atoms with Crippen molar-refractivity contribution in [1.82, 2.24) is 0 Å². The summed E-state index contributed by atoms with van der Waals surface area (Å²) in [7, 11) is 0. The van der Waals surface area contributed by atoms with Gasteiger partial charge in [0.25, 0.3) is 0 Å². The Bertz CT molecular complexity index is 382. The molecule has 0 aliphatic heterocycles. The number of hydrogen-bond acceptors (Lipinski definition) is 3. The fraction of sp³-hybridized carbons (Fsp3) is 0.500. The first-order valence-corrected chi connectivity index (χ1v) is 6.28. The number of carboxylic acid groups (broad SMARTS) is 1. The zero-order valence-corrected chi connectivity index (χ0v) is 10.2. The first-order valence-electron chi connectivity index (χ1n) is 6.28. The molecule has 0 amide bonds. The van der Waals surface area contributed by atoms with Crippen LogP contribution in [0.25, 0.3) is 0 Å². The molecule has 1 aromatic carbocycles. The van der Waals surface area contributed by atoms with Gasteiger partial charge in [0.2, 0.25) is 0 Å². The highest BCUT2D eigenvalue weighted by Gasteiger charge is 2.27. The first kappa shape index (κ1) is 13.1. The van der Waals surface area contributed by atoms with E-state index in [-0.39, 0.29) is 12.2 Å². The number of aliphatic carboxylic acids is 1. The number of carboxylic acids is 1. The summed E-state index contributed by atoms with van der Waals surface area (Å²) in [4.78, 5) is 11.3. The number of hydrogen-bond donors (Lipinski definition) is 2. The minimum Gasteiger partial charge on any atom is -0.479 e. The zero-order valence-electron chi connectivity index (χ0n) is 10.2. The molecule has 1 aliphatic carbocycles. The van der Waals surface area contributed by atoms with Crippen molar-refractivity contribution in [2.75, 3.05) is 0 Å². The van der Waals surface area contributed by atoms with Gasteiger partial charge in [-0.1, -0.05) is 30.3 Å². The van der Waals surface area contributed by atoms with Crippen molar-refractivity contribution in [1.29, 1.82) is 0 Å². The zero-order chi connectivity index (χ0) is 13.0. The summed E-state index contributed by atoms with van der Waals surface area (Å²) in [5.41, 5.74) is 0.663. The summed E-state index contributed by atoms with van der Waals surface area (Å²) < 4.78 is 5.68. The van der Waals surface area contributed by atoms with Crippen LogP contribution >= 0.6 is 0 Å². The highest BCUT2D eigenvalue weighted by molar-refractivity contribution is 5.74. The smallest absolute Gasteiger partial charge is 0.337 e. The lowest BCUT2D eigenvalue weighted by Gasteiger charge is -2.28. The fourth-order valence-electron chi connectivity index (χ4n) is 2.28. The Morgan fingerprint density at radius 1 is 1.17 bits per heavy atom. The Morgan fingerprint density at radius 2 is 1.78 bits per heavy atom. The number of ether oxygens (including phenoxy) is 1. The van der Waals surface area contributed by atoms with E-state index in [0.29, 0.717) is 18.4 Å². The summed E-state index contributed by atoms with van der Waals surface area (Å²) in [5.74, 6) is -0.965. The third-order valence-electron chi connectivity index (χ3n) is 3.30. The molecule has 1 atom stereocenters. The van der Waals surface area contributed by atoms with Gasteiger partial charge in [0, 0.05) is 0 Å². The Labute approximate surface area is 106 Å². The molecule has 4 nitrogen and oxygen atoms in total. The fourth-order valence-corrected chi connectivity index (χ4v) is 2.28. The SMILES string of the molecule is O=C(O)C(O[C@H]1CC[C@@H](O)CC1)c1ccccc1. The first-order chi connectivity index (χ1) is 8.66. The predicted octanol–water partition coefficient (Wildman–Crippen LogP) is 2.13. The monoisotopic (exact) mass is 250 g/mol. The van der Waals surface area contributed by atoms with Gasteiger partial charge >= 0.3 is 5.97 Å². The van der Waals surface area contributed by atoms with Crippen LogP contribution in [0.15, 0.2) is 30.3 Å². The largest absolute Gasteiger partial charge is 0.479 e. The summed E-state index contributed by atoms with van der Waals surface area (Å²) in [6.45, 7) is 0. The average Bonchev–Trinajstić information content (AvgIpc) is 2.38. The number of aliphatic hydroxyl groups is 1. The van der Waals surface area contributed by atoms with Crippen LogP contribution in [0.5, 0.6) is 0 Å². The summed E-state index contributed by atoms with van der Waals surface area (Å²) in [6, 6.07) is 8.98. The lowest BCUT2D eigenvalue weighted by Crippen LogP contribution is -2.28. The van der Waals surface area contributed by atoms with E-state index in [2.05, 4.69) is 0 Å². The van der Waals surface area contributed by atoms with Crippen LogP contribution in [-0.2, 0) is 9.53 Å². The highest BCUT2D eigenvalue weighted by atomic mass is 16.5. The van der Waals surface area contributed by atoms with E-state index in [4.69, 9.17) is 4.74 Å². The summed E-state index contributed by atoms with van der Waals surface area (Å²) >= 11 is 0. The summed E-state index contributed by atoms with van der Waals surface area (Å²) in [6.07, 6.45) is 1.57. The van der Waals surface area contributed by atoms with Crippen LogP contribution in [0.4, 0.5) is 0 Å². The number of carbonyl (C=O) groups is 1. The lowest BCUT2D eigenvalue weighted by molar-refractivity contribution is -0.157. The van der Waals surface area contributed by atoms with Gasteiger partial charge in [0.05, 0.1) is 12.2 Å². The minimum atomic E-state index is -0.965. The minimum absolute atomic E-state index is 0.0743. The van der Waals surface area contributed by atoms with Crippen molar-refractivity contribution < 1.29 is 19.7 Å². The molecule has 1 aromatic rings. The molecule has 0 bridgehead atoms. The molecular weight excluding hydrogens is 232 g/mol. The number of benzene rings is 1. The second-order valence-electron chi connectivity index (χ2n) is 4.70. The Hall–Kier alpha value is -1.39. The highest BCUT2D eigenvalue weighted by Crippen LogP contribution is 2.27. The normalized spacial score (nSPS) is 25.6. The predicted molar refractivity (Wildman–Crippen MR) is 66.2 cm³/mol. The van der Waals surface area contributed by atoms with E-state index in [0.717, 1.165) is 12.8 Å². The van der Waals surface area contributed by atoms with Crippen LogP contribution in [0, 0.1) is 0 Å². The Morgan fingerprint density at radius 3 is 2.33 bits per heavy atom. The molecule has 0 saturated heterocycles. The molecule has 0 radical (unpaired) electrons. The maximum absolute atomic E-state index is 11.3. The van der Waals surface area contributed by atoms with Crippen molar-refractivity contribution in [3.05, 3.63) is 35.9 Å². The molecule has 1 aliphatic rings. The molecule has 1 fully saturated rings. The van der Waals surface area contributed by atoms with E-state index >= 15 is 0 Å². The third kappa shape index (κ3) is 3.31. The molecule has 0 spiro atoms. The van der Waals surface area contributed by atoms with Crippen molar-refractivity contribution in [3.63, 3.8) is 0 Å². The van der Waals surface area contributed by atoms with Gasteiger partial charge in [0.15, 0.2) is 6.10 Å². The Kier molecular flexibility index (Phi) is 4.33. The second kappa shape index (κ2) is 5.98. The molecule has 4 heteroatoms. The standard InChI is InChI=1S/C14H18O4/c15-11-6-8-12(9-7-11)18-13(14(16)17)10-4-2-1-3-5-10/h1-5,11-13,15H,6-9H2,(H,16,17)/t11-,12+,13?. The second-order valence-corrected chi connectivity index (χ2v) is 4.70. The number of aliphatic hydroxyl groups excluding tert-OH is 1. The van der Waals surface area contributed by atoms with Gasteiger partial charge in [0.1, 0.15) is 0 Å². The van der Waals surface area contributed by atoms with Gasteiger partial charge < -0.3 is 14.9 Å². The maximum Gasteiger partial charge on any atom is 0.337 e. The van der Waals surface area contributed by atoms with Crippen LogP contribution in [0.2, 0.25) is 0 Å². The van der Waals surface area contributed by atoms with Crippen LogP contribution in [0.1, 0.15) is 37.4 Å². The van der Waals surface area contributed by atoms with Gasteiger partial charge in [-0.15, -0.1) is 0 Å². The van der Waals surface area contributed by atoms with Crippen LogP contribution in [-0.4, -0.2) is 28.4 Å². The van der Waals surface area contributed by atoms with Gasteiger partial charge in [-0.25, -0.2) is 4.79 Å². The molecule has 1 saturated carbocycles. The quantitative estimate of drug-likeness (QED) is 0.859. The molecule has 0 heterocycles. The van der Waals surface area contributed by atoms with Gasteiger partial charge in [-0.3, -0.25) is 0 Å². The van der Waals surface area contributed by atoms with Gasteiger partial charge in [-0.2, -0.15) is 0 Å². The van der Waals surface area contributed by atoms with Crippen LogP contribution in [0.3, 0.4) is 0 Å². The van der Waals surface area contributed by atoms with E-state index < -0.39 is 12.1 Å². The van der Waals surface area contributed by atoms with E-state index in [1.807, 2.05) is 6.07 Å². The molecule has 1 unspecified atom stereocenters. The third-order valence-corrected chi connectivity index (χ3v) is 3.30. The lowest BCUT2D eigenvalue weighted by atomic mass is 9.95. The molecule has 0 aromatic heterocycles. The average molecular weight is 250 g/mol. The molecular formula is C14H18O4. The molecule has 98 valence electrons. The molecule has 2 N–H and O–H groups in total. The van der Waals surface area contributed by atoms with E-state index in [1.165, 1.54) is 0 Å². The van der Waals surface area contributed by atoms with Crippen molar-refractivity contribution in [3.8, 4) is 0 Å². The van der Waals surface area contributed by atoms with Crippen molar-refractivity contribution in [2.24, 2.45) is 0 Å². The van der Waals surface area contributed by atoms with Crippen molar-refractivity contribution in [2.45, 2.75) is 44.0 Å². The maximum atomic E-state index is 11.3. The molecule has 18 heavy (non-hydrogen) atoms. The van der Waals surface area contributed by atoms with Crippen molar-refractivity contribution >= 4 is 5.97 Å². The van der Waals surface area contributed by atoms with E-state index in [9.17, 15) is 15.0 Å². The summed E-state index contributed by atoms with van der Waals surface area (Å²) in [5, 5.41) is 18.7. The topological polar surface area (TPSA) is 66.8 Å².